The van der Waals surface area contributed by atoms with Crippen molar-refractivity contribution < 1.29 is 31.0 Å². The topological polar surface area (TPSA) is 30.9 Å². The molecule has 0 radical (unpaired) electrons. The molecule has 0 saturated heterocycles. The van der Waals surface area contributed by atoms with Crippen LogP contribution in [0.3, 0.4) is 0 Å². The first-order valence-electron chi connectivity index (χ1n) is 2.40. The second-order valence-electron chi connectivity index (χ2n) is 1.45. The van der Waals surface area contributed by atoms with Crippen LogP contribution in [-0.2, 0) is 0 Å². The molecule has 0 aliphatic rings. The van der Waals surface area contributed by atoms with Gasteiger partial charge in [0.15, 0.2) is 4.32 Å². The van der Waals surface area contributed by atoms with E-state index in [-0.39, 0.29) is 31.0 Å². The van der Waals surface area contributed by atoms with Gasteiger partial charge >= 0.3 is 29.6 Å². The summed E-state index contributed by atoms with van der Waals surface area (Å²) in [5.74, 6) is 0. The van der Waals surface area contributed by atoms with Gasteiger partial charge in [0.1, 0.15) is 0 Å². The molecular weight excluding hydrogens is 175 g/mol. The first-order valence-corrected chi connectivity index (χ1v) is 3.58. The maximum Gasteiger partial charge on any atom is 1.00 e. The number of nitrogens with zero attached hydrogens (tertiary/aromatic N) is 1. The fourth-order valence-electron chi connectivity index (χ4n) is 0.483. The van der Waals surface area contributed by atoms with E-state index in [1.165, 1.54) is 11.9 Å². The maximum absolute atomic E-state index is 5.26. The molecule has 1 aromatic heterocycles. The Bertz CT molecular complexity index is 202. The molecule has 5 heteroatoms. The smallest absolute Gasteiger partial charge is 1.00 e. The van der Waals surface area contributed by atoms with Crippen molar-refractivity contribution >= 4 is 28.5 Å². The van der Waals surface area contributed by atoms with Crippen LogP contribution in [0.25, 0.3) is 0 Å². The molecule has 1 rings (SSSR count). The SMILES string of the molecule is NC(=S)Sn1cccc1.[H-].[Na+]. The van der Waals surface area contributed by atoms with Gasteiger partial charge in [0.2, 0.25) is 0 Å². The first-order chi connectivity index (χ1) is 4.29. The van der Waals surface area contributed by atoms with E-state index >= 15 is 0 Å². The van der Waals surface area contributed by atoms with Crippen molar-refractivity contribution in [1.29, 1.82) is 0 Å². The van der Waals surface area contributed by atoms with Gasteiger partial charge in [-0.25, -0.2) is 0 Å². The number of nitrogens with two attached hydrogens (primary N) is 1. The molecule has 0 aromatic carbocycles. The normalized spacial score (nSPS) is 8.40. The van der Waals surface area contributed by atoms with E-state index in [0.29, 0.717) is 4.32 Å². The summed E-state index contributed by atoms with van der Waals surface area (Å²) in [6.07, 6.45) is 3.79. The summed E-state index contributed by atoms with van der Waals surface area (Å²) in [6.45, 7) is 0. The molecule has 0 saturated carbocycles. The van der Waals surface area contributed by atoms with Crippen molar-refractivity contribution in [3.8, 4) is 0 Å². The van der Waals surface area contributed by atoms with E-state index in [1.54, 1.807) is 0 Å². The van der Waals surface area contributed by atoms with E-state index in [2.05, 4.69) is 12.2 Å². The number of hydrogen-bond donors (Lipinski definition) is 1. The molecule has 0 aliphatic heterocycles. The van der Waals surface area contributed by atoms with Crippen molar-refractivity contribution in [2.45, 2.75) is 0 Å². The standard InChI is InChI=1S/C5H6N2S2.Na.H/c6-5(8)9-7-3-1-2-4-7;;/h1-4H,(H2,6,8);;/q;+1;-1. The molecule has 0 fully saturated rings. The average molecular weight is 182 g/mol. The molecular formula is C5H7N2NaS2. The molecule has 10 heavy (non-hydrogen) atoms. The predicted octanol–water partition coefficient (Wildman–Crippen LogP) is -1.66. The Kier molecular flexibility index (Phi) is 5.48. The zero-order valence-corrected chi connectivity index (χ0v) is 9.28. The Morgan fingerprint density at radius 2 is 2.00 bits per heavy atom. The van der Waals surface area contributed by atoms with Gasteiger partial charge in [-0.3, -0.25) is 3.97 Å². The van der Waals surface area contributed by atoms with Crippen LogP contribution in [-0.4, -0.2) is 8.29 Å². The molecule has 0 atom stereocenters. The molecule has 1 aromatic rings. The Morgan fingerprint density at radius 1 is 1.50 bits per heavy atom. The van der Waals surface area contributed by atoms with Gasteiger partial charge in [-0.15, -0.1) is 0 Å². The minimum Gasteiger partial charge on any atom is -1.00 e. The summed E-state index contributed by atoms with van der Waals surface area (Å²) in [7, 11) is 0. The Balaban J connectivity index is 0. The number of aromatic nitrogens is 1. The van der Waals surface area contributed by atoms with Gasteiger partial charge in [-0.1, -0.05) is 12.2 Å². The van der Waals surface area contributed by atoms with Gasteiger partial charge < -0.3 is 7.16 Å². The summed E-state index contributed by atoms with van der Waals surface area (Å²) < 4.78 is 2.29. The Hall–Kier alpha value is 0.520. The minimum atomic E-state index is 0. The average Bonchev–Trinajstić information content (AvgIpc) is 2.15. The predicted molar refractivity (Wildman–Crippen MR) is 45.3 cm³/mol. The zero-order valence-electron chi connectivity index (χ0n) is 6.65. The van der Waals surface area contributed by atoms with E-state index in [4.69, 9.17) is 5.73 Å². The fourth-order valence-corrected chi connectivity index (χ4v) is 1.21. The summed E-state index contributed by atoms with van der Waals surface area (Å²) >= 11 is 5.99. The van der Waals surface area contributed by atoms with Crippen LogP contribution in [0.4, 0.5) is 0 Å². The van der Waals surface area contributed by atoms with Crippen LogP contribution < -0.4 is 35.3 Å². The van der Waals surface area contributed by atoms with Gasteiger partial charge in [0, 0.05) is 24.3 Å². The minimum absolute atomic E-state index is 0. The molecule has 0 spiro atoms. The van der Waals surface area contributed by atoms with Gasteiger partial charge in [0.25, 0.3) is 0 Å². The third-order valence-electron chi connectivity index (χ3n) is 0.772. The van der Waals surface area contributed by atoms with E-state index in [9.17, 15) is 0 Å². The van der Waals surface area contributed by atoms with Crippen LogP contribution in [0.2, 0.25) is 0 Å². The van der Waals surface area contributed by atoms with Crippen molar-refractivity contribution in [3.05, 3.63) is 24.5 Å². The van der Waals surface area contributed by atoms with E-state index in [1.807, 2.05) is 28.5 Å². The molecule has 0 bridgehead atoms. The Morgan fingerprint density at radius 3 is 2.40 bits per heavy atom. The number of hydrogen-bond acceptors (Lipinski definition) is 2. The van der Waals surface area contributed by atoms with Crippen LogP contribution in [0.5, 0.6) is 0 Å². The summed E-state index contributed by atoms with van der Waals surface area (Å²) in [6, 6.07) is 3.84. The summed E-state index contributed by atoms with van der Waals surface area (Å²) in [5.41, 5.74) is 5.26. The summed E-state index contributed by atoms with van der Waals surface area (Å²) in [5, 5.41) is 0. The molecule has 0 unspecified atom stereocenters. The quantitative estimate of drug-likeness (QED) is 0.417. The monoisotopic (exact) mass is 182 g/mol. The molecule has 2 N–H and O–H groups in total. The van der Waals surface area contributed by atoms with Gasteiger partial charge in [0.05, 0.1) is 0 Å². The van der Waals surface area contributed by atoms with Crippen molar-refractivity contribution in [1.82, 2.24) is 3.97 Å². The van der Waals surface area contributed by atoms with Crippen molar-refractivity contribution in [2.75, 3.05) is 0 Å². The first kappa shape index (κ1) is 10.5. The van der Waals surface area contributed by atoms with Gasteiger partial charge in [-0.05, 0) is 12.1 Å². The largest absolute Gasteiger partial charge is 1.00 e. The van der Waals surface area contributed by atoms with Crippen molar-refractivity contribution in [2.24, 2.45) is 5.73 Å². The second kappa shape index (κ2) is 5.21. The molecule has 0 aliphatic carbocycles. The van der Waals surface area contributed by atoms with Gasteiger partial charge in [-0.2, -0.15) is 0 Å². The molecule has 2 nitrogen and oxygen atoms in total. The van der Waals surface area contributed by atoms with Crippen molar-refractivity contribution in [3.63, 3.8) is 0 Å². The van der Waals surface area contributed by atoms with Crippen LogP contribution >= 0.6 is 24.2 Å². The van der Waals surface area contributed by atoms with Crippen LogP contribution in [0.15, 0.2) is 24.5 Å². The molecule has 0 amide bonds. The third kappa shape index (κ3) is 3.63. The van der Waals surface area contributed by atoms with Crippen LogP contribution in [0, 0.1) is 0 Å². The Labute approximate surface area is 93.1 Å². The number of thiocarbonyl (C=S) groups is 1. The summed E-state index contributed by atoms with van der Waals surface area (Å²) in [4.78, 5) is 0. The van der Waals surface area contributed by atoms with Crippen LogP contribution in [0.1, 0.15) is 1.43 Å². The van der Waals surface area contributed by atoms with E-state index < -0.39 is 0 Å². The number of rotatable bonds is 1. The molecule has 1 heterocycles. The maximum atomic E-state index is 5.26. The molecule has 50 valence electrons. The third-order valence-corrected chi connectivity index (χ3v) is 1.63. The van der Waals surface area contributed by atoms with E-state index in [0.717, 1.165) is 0 Å². The second-order valence-corrected chi connectivity index (χ2v) is 3.20. The zero-order chi connectivity index (χ0) is 6.69. The fraction of sp³-hybridized carbons (Fsp3) is 0.